The van der Waals surface area contributed by atoms with Gasteiger partial charge in [0.2, 0.25) is 0 Å². The first-order valence-corrected chi connectivity index (χ1v) is 10.6. The van der Waals surface area contributed by atoms with E-state index in [9.17, 15) is 13.6 Å². The number of amides is 1. The Kier molecular flexibility index (Phi) is 6.48. The Morgan fingerprint density at radius 1 is 1.22 bits per heavy atom. The Hall–Kier alpha value is -2.91. The van der Waals surface area contributed by atoms with Crippen LogP contribution >= 0.6 is 11.6 Å². The Balaban J connectivity index is 1.55. The van der Waals surface area contributed by atoms with Crippen LogP contribution in [0, 0.1) is 0 Å². The maximum atomic E-state index is 13.7. The summed E-state index contributed by atoms with van der Waals surface area (Å²) in [6.07, 6.45) is 2.73. The van der Waals surface area contributed by atoms with Crippen molar-refractivity contribution in [2.24, 2.45) is 0 Å². The Morgan fingerprint density at radius 2 is 1.94 bits per heavy atom. The Labute approximate surface area is 188 Å². The molecule has 0 saturated carbocycles. The molecule has 32 heavy (non-hydrogen) atoms. The molecule has 1 N–H and O–H groups in total. The number of nitrogens with zero attached hydrogens (tertiary/aromatic N) is 4. The molecule has 1 unspecified atom stereocenters. The number of carbonyl (C=O) groups is 1. The quantitative estimate of drug-likeness (QED) is 0.561. The molecule has 10 heteroatoms. The van der Waals surface area contributed by atoms with Crippen LogP contribution < -0.4 is 10.1 Å². The molecule has 0 spiro atoms. The SMILES string of the molecule is COc1ncc(C(CNC(=O)c2cccc3nc(Cl)ccc23)N2CCC(F)(F)CC2)cn1. The third-order valence-electron chi connectivity index (χ3n) is 5.58. The van der Waals surface area contributed by atoms with Crippen molar-refractivity contribution in [2.75, 3.05) is 26.7 Å². The standard InChI is InChI=1S/C22H22ClF2N5O2/c1-32-21-27-11-14(12-28-21)18(30-9-7-22(24,25)8-10-30)13-26-20(31)16-3-2-4-17-15(16)5-6-19(23)29-17/h2-6,11-12,18H,7-10,13H2,1H3,(H,26,31). The molecule has 1 fully saturated rings. The molecular formula is C22H22ClF2N5O2. The molecular weight excluding hydrogens is 440 g/mol. The van der Waals surface area contributed by atoms with E-state index in [1.165, 1.54) is 7.11 Å². The van der Waals surface area contributed by atoms with Crippen LogP contribution in [0.1, 0.15) is 34.8 Å². The van der Waals surface area contributed by atoms with Crippen molar-refractivity contribution in [3.8, 4) is 6.01 Å². The summed E-state index contributed by atoms with van der Waals surface area (Å²) in [4.78, 5) is 27.4. The number of benzene rings is 1. The number of fused-ring (bicyclic) bond motifs is 1. The normalized spacial score (nSPS) is 17.1. The van der Waals surface area contributed by atoms with E-state index >= 15 is 0 Å². The van der Waals surface area contributed by atoms with E-state index in [0.29, 0.717) is 27.2 Å². The van der Waals surface area contributed by atoms with Crippen molar-refractivity contribution in [3.05, 3.63) is 59.0 Å². The zero-order valence-corrected chi connectivity index (χ0v) is 18.1. The molecule has 0 aliphatic carbocycles. The summed E-state index contributed by atoms with van der Waals surface area (Å²) in [5.41, 5.74) is 1.78. The lowest BCUT2D eigenvalue weighted by atomic mass is 10.0. The van der Waals surface area contributed by atoms with Gasteiger partial charge >= 0.3 is 6.01 Å². The molecule has 1 saturated heterocycles. The molecule has 1 amide bonds. The lowest BCUT2D eigenvalue weighted by Crippen LogP contribution is -2.45. The van der Waals surface area contributed by atoms with E-state index in [2.05, 4.69) is 20.3 Å². The number of piperidine rings is 1. The van der Waals surface area contributed by atoms with E-state index in [1.807, 2.05) is 4.90 Å². The van der Waals surface area contributed by atoms with Crippen LogP contribution in [0.15, 0.2) is 42.7 Å². The van der Waals surface area contributed by atoms with Crippen molar-refractivity contribution in [1.29, 1.82) is 0 Å². The molecule has 7 nitrogen and oxygen atoms in total. The van der Waals surface area contributed by atoms with Gasteiger partial charge in [0.25, 0.3) is 11.8 Å². The number of aromatic nitrogens is 3. The fraction of sp³-hybridized carbons (Fsp3) is 0.364. The van der Waals surface area contributed by atoms with Crippen LogP contribution in [-0.2, 0) is 0 Å². The van der Waals surface area contributed by atoms with Gasteiger partial charge in [-0.15, -0.1) is 0 Å². The van der Waals surface area contributed by atoms with Gasteiger partial charge in [-0.05, 0) is 24.3 Å². The van der Waals surface area contributed by atoms with E-state index < -0.39 is 5.92 Å². The number of halogens is 3. The number of carbonyl (C=O) groups excluding carboxylic acids is 1. The number of hydrogen-bond acceptors (Lipinski definition) is 6. The highest BCUT2D eigenvalue weighted by Gasteiger charge is 2.37. The summed E-state index contributed by atoms with van der Waals surface area (Å²) in [6.45, 7) is 0.615. The molecule has 1 aliphatic rings. The minimum absolute atomic E-state index is 0.205. The van der Waals surface area contributed by atoms with Gasteiger partial charge in [0, 0.05) is 61.4 Å². The van der Waals surface area contributed by atoms with Crippen molar-refractivity contribution in [3.63, 3.8) is 0 Å². The highest BCUT2D eigenvalue weighted by atomic mass is 35.5. The maximum absolute atomic E-state index is 13.7. The van der Waals surface area contributed by atoms with Crippen LogP contribution in [-0.4, -0.2) is 58.4 Å². The highest BCUT2D eigenvalue weighted by molar-refractivity contribution is 6.29. The van der Waals surface area contributed by atoms with Crippen LogP contribution in [0.3, 0.4) is 0 Å². The van der Waals surface area contributed by atoms with Crippen molar-refractivity contribution >= 4 is 28.4 Å². The fourth-order valence-electron chi connectivity index (χ4n) is 3.84. The summed E-state index contributed by atoms with van der Waals surface area (Å²) >= 11 is 5.96. The molecule has 0 bridgehead atoms. The molecule has 1 atom stereocenters. The van der Waals surface area contributed by atoms with Gasteiger partial charge in [0.05, 0.1) is 18.7 Å². The van der Waals surface area contributed by atoms with Crippen molar-refractivity contribution < 1.29 is 18.3 Å². The average Bonchev–Trinajstić information content (AvgIpc) is 2.79. The second-order valence-corrected chi connectivity index (χ2v) is 8.01. The number of rotatable bonds is 6. The van der Waals surface area contributed by atoms with Crippen molar-refractivity contribution in [2.45, 2.75) is 24.8 Å². The first-order chi connectivity index (χ1) is 15.4. The molecule has 3 aromatic rings. The van der Waals surface area contributed by atoms with Gasteiger partial charge in [-0.2, -0.15) is 0 Å². The van der Waals surface area contributed by atoms with Crippen LogP contribution in [0.4, 0.5) is 8.78 Å². The lowest BCUT2D eigenvalue weighted by molar-refractivity contribution is -0.0632. The van der Waals surface area contributed by atoms with Gasteiger partial charge in [-0.25, -0.2) is 23.7 Å². The minimum Gasteiger partial charge on any atom is -0.467 e. The van der Waals surface area contributed by atoms with Gasteiger partial charge < -0.3 is 10.1 Å². The molecule has 1 aliphatic heterocycles. The lowest BCUT2D eigenvalue weighted by Gasteiger charge is -2.37. The first kappa shape index (κ1) is 22.3. The summed E-state index contributed by atoms with van der Waals surface area (Å²) in [5.74, 6) is -2.96. The minimum atomic E-state index is -2.67. The van der Waals surface area contributed by atoms with Gasteiger partial charge in [-0.3, -0.25) is 9.69 Å². The largest absolute Gasteiger partial charge is 0.467 e. The van der Waals surface area contributed by atoms with E-state index in [0.717, 1.165) is 0 Å². The Morgan fingerprint density at radius 3 is 2.62 bits per heavy atom. The molecule has 3 heterocycles. The number of nitrogens with one attached hydrogen (secondary N) is 1. The van der Waals surface area contributed by atoms with Gasteiger partial charge in [0.15, 0.2) is 0 Å². The third kappa shape index (κ3) is 4.94. The monoisotopic (exact) mass is 461 g/mol. The van der Waals surface area contributed by atoms with Crippen molar-refractivity contribution in [1.82, 2.24) is 25.2 Å². The number of methoxy groups -OCH3 is 1. The molecule has 0 radical (unpaired) electrons. The predicted molar refractivity (Wildman–Crippen MR) is 116 cm³/mol. The zero-order chi connectivity index (χ0) is 22.7. The van der Waals surface area contributed by atoms with Crippen LogP contribution in [0.25, 0.3) is 10.9 Å². The molecule has 168 valence electrons. The number of hydrogen-bond donors (Lipinski definition) is 1. The van der Waals surface area contributed by atoms with E-state index in [4.69, 9.17) is 16.3 Å². The van der Waals surface area contributed by atoms with Crippen LogP contribution in [0.2, 0.25) is 5.15 Å². The summed E-state index contributed by atoms with van der Waals surface area (Å²) in [5, 5.41) is 3.96. The average molecular weight is 462 g/mol. The number of alkyl halides is 2. The van der Waals surface area contributed by atoms with Gasteiger partial charge in [0.1, 0.15) is 5.15 Å². The first-order valence-electron chi connectivity index (χ1n) is 10.2. The smallest absolute Gasteiger partial charge is 0.316 e. The number of likely N-dealkylation sites (tertiary alicyclic amines) is 1. The molecule has 2 aromatic heterocycles. The van der Waals surface area contributed by atoms with E-state index in [1.54, 1.807) is 42.7 Å². The fourth-order valence-corrected chi connectivity index (χ4v) is 3.99. The molecule has 1 aromatic carbocycles. The Bertz CT molecular complexity index is 1100. The number of pyridine rings is 1. The van der Waals surface area contributed by atoms with Gasteiger partial charge in [-0.1, -0.05) is 17.7 Å². The summed E-state index contributed by atoms with van der Waals surface area (Å²) in [7, 11) is 1.46. The highest BCUT2D eigenvalue weighted by Crippen LogP contribution is 2.32. The predicted octanol–water partition coefficient (Wildman–Crippen LogP) is 3.89. The molecule has 4 rings (SSSR count). The third-order valence-corrected chi connectivity index (χ3v) is 5.79. The summed E-state index contributed by atoms with van der Waals surface area (Å²) in [6, 6.07) is 8.46. The van der Waals surface area contributed by atoms with Crippen LogP contribution in [0.5, 0.6) is 6.01 Å². The number of ether oxygens (including phenoxy) is 1. The second-order valence-electron chi connectivity index (χ2n) is 7.63. The zero-order valence-electron chi connectivity index (χ0n) is 17.4. The summed E-state index contributed by atoms with van der Waals surface area (Å²) < 4.78 is 32.4. The maximum Gasteiger partial charge on any atom is 0.316 e. The van der Waals surface area contributed by atoms with E-state index in [-0.39, 0.29) is 50.4 Å². The topological polar surface area (TPSA) is 80.2 Å². The second kappa shape index (κ2) is 9.30.